The molecule has 1 aliphatic carbocycles. The van der Waals surface area contributed by atoms with Crippen molar-refractivity contribution in [3.63, 3.8) is 0 Å². The van der Waals surface area contributed by atoms with Crippen LogP contribution >= 0.6 is 0 Å². The van der Waals surface area contributed by atoms with Crippen LogP contribution in [0, 0.1) is 17.8 Å². The van der Waals surface area contributed by atoms with Crippen LogP contribution in [0.3, 0.4) is 0 Å². The highest BCUT2D eigenvalue weighted by Crippen LogP contribution is 2.42. The Morgan fingerprint density at radius 2 is 1.74 bits per heavy atom. The Morgan fingerprint density at radius 1 is 1.03 bits per heavy atom. The molecular weight excluding hydrogens is 448 g/mol. The zero-order chi connectivity index (χ0) is 23.7. The number of ether oxygens (including phenoxy) is 1. The van der Waals surface area contributed by atoms with E-state index in [-0.39, 0.29) is 29.5 Å². The zero-order valence-corrected chi connectivity index (χ0v) is 20.4. The predicted octanol–water partition coefficient (Wildman–Crippen LogP) is 3.07. The third-order valence-corrected chi connectivity index (χ3v) is 9.20. The maximum atomic E-state index is 13.5. The molecule has 2 saturated heterocycles. The SMILES string of the molecule is COc1ccc(S(=O)(=O)N2CCCCN3[C@H](C2)[C@H](c2ccc(C#CC4CC4)cc2)[C@@H]3CO)cc1. The minimum Gasteiger partial charge on any atom is -0.497 e. The van der Waals surface area contributed by atoms with Crippen LogP contribution in [0.15, 0.2) is 53.4 Å². The van der Waals surface area contributed by atoms with Crippen LogP contribution in [0.4, 0.5) is 0 Å². The Hall–Kier alpha value is -2.37. The summed E-state index contributed by atoms with van der Waals surface area (Å²) < 4.78 is 33.8. The van der Waals surface area contributed by atoms with E-state index in [0.29, 0.717) is 24.8 Å². The minimum absolute atomic E-state index is 0.0111. The molecule has 34 heavy (non-hydrogen) atoms. The van der Waals surface area contributed by atoms with Gasteiger partial charge in [0.1, 0.15) is 5.75 Å². The normalized spacial score (nSPS) is 25.8. The van der Waals surface area contributed by atoms with Crippen molar-refractivity contribution in [2.75, 3.05) is 33.4 Å². The van der Waals surface area contributed by atoms with Crippen LogP contribution in [-0.2, 0) is 10.0 Å². The lowest BCUT2D eigenvalue weighted by Crippen LogP contribution is -2.67. The number of aliphatic hydroxyl groups is 1. The summed E-state index contributed by atoms with van der Waals surface area (Å²) in [4.78, 5) is 2.58. The maximum absolute atomic E-state index is 13.5. The molecule has 3 fully saturated rings. The van der Waals surface area contributed by atoms with Gasteiger partial charge >= 0.3 is 0 Å². The van der Waals surface area contributed by atoms with Crippen molar-refractivity contribution in [2.24, 2.45) is 5.92 Å². The minimum atomic E-state index is -3.62. The van der Waals surface area contributed by atoms with Crippen molar-refractivity contribution in [3.8, 4) is 17.6 Å². The zero-order valence-electron chi connectivity index (χ0n) is 19.6. The van der Waals surface area contributed by atoms with Crippen molar-refractivity contribution in [1.29, 1.82) is 0 Å². The van der Waals surface area contributed by atoms with E-state index >= 15 is 0 Å². The number of nitrogens with zero attached hydrogens (tertiary/aromatic N) is 2. The summed E-state index contributed by atoms with van der Waals surface area (Å²) in [6.07, 6.45) is 4.12. The van der Waals surface area contributed by atoms with E-state index in [0.717, 1.165) is 30.5 Å². The molecule has 6 nitrogen and oxygen atoms in total. The van der Waals surface area contributed by atoms with Gasteiger partial charge in [0.2, 0.25) is 10.0 Å². The van der Waals surface area contributed by atoms with Crippen molar-refractivity contribution >= 4 is 10.0 Å². The van der Waals surface area contributed by atoms with Crippen LogP contribution in [-0.4, -0.2) is 68.2 Å². The second-order valence-electron chi connectivity index (χ2n) is 9.49. The monoisotopic (exact) mass is 480 g/mol. The van der Waals surface area contributed by atoms with E-state index in [1.807, 2.05) is 0 Å². The fraction of sp³-hybridized carbons (Fsp3) is 0.481. The molecule has 7 heteroatoms. The molecule has 0 aromatic heterocycles. The van der Waals surface area contributed by atoms with Crippen LogP contribution in [0.25, 0.3) is 0 Å². The number of aliphatic hydroxyl groups excluding tert-OH is 1. The molecule has 1 saturated carbocycles. The molecule has 5 rings (SSSR count). The molecule has 1 N–H and O–H groups in total. The third-order valence-electron chi connectivity index (χ3n) is 7.32. The first-order chi connectivity index (χ1) is 16.5. The number of methoxy groups -OCH3 is 1. The lowest BCUT2D eigenvalue weighted by atomic mass is 9.74. The van der Waals surface area contributed by atoms with Gasteiger partial charge in [0.15, 0.2) is 0 Å². The summed E-state index contributed by atoms with van der Waals surface area (Å²) in [6.45, 7) is 1.87. The van der Waals surface area contributed by atoms with Gasteiger partial charge in [0, 0.05) is 42.6 Å². The first-order valence-electron chi connectivity index (χ1n) is 12.1. The quantitative estimate of drug-likeness (QED) is 0.666. The predicted molar refractivity (Wildman–Crippen MR) is 131 cm³/mol. The summed E-state index contributed by atoms with van der Waals surface area (Å²) in [5, 5.41) is 10.2. The molecule has 2 aromatic rings. The van der Waals surface area contributed by atoms with Gasteiger partial charge in [0.05, 0.1) is 18.6 Å². The van der Waals surface area contributed by atoms with Crippen LogP contribution in [0.5, 0.6) is 5.75 Å². The topological polar surface area (TPSA) is 70.1 Å². The van der Waals surface area contributed by atoms with Gasteiger partial charge in [0.25, 0.3) is 0 Å². The molecule has 0 spiro atoms. The van der Waals surface area contributed by atoms with E-state index < -0.39 is 10.0 Å². The van der Waals surface area contributed by atoms with Gasteiger partial charge < -0.3 is 9.84 Å². The second kappa shape index (κ2) is 9.71. The summed E-state index contributed by atoms with van der Waals surface area (Å²) in [5.74, 6) is 7.83. The van der Waals surface area contributed by atoms with E-state index in [1.54, 1.807) is 35.7 Å². The molecule has 0 unspecified atom stereocenters. The van der Waals surface area contributed by atoms with Gasteiger partial charge in [-0.3, -0.25) is 4.90 Å². The molecule has 0 amide bonds. The lowest BCUT2D eigenvalue weighted by Gasteiger charge is -2.57. The summed E-state index contributed by atoms with van der Waals surface area (Å²) in [6, 6.07) is 14.9. The van der Waals surface area contributed by atoms with Gasteiger partial charge in [-0.1, -0.05) is 24.0 Å². The molecule has 3 aliphatic rings. The maximum Gasteiger partial charge on any atom is 0.243 e. The first kappa shape index (κ1) is 23.4. The Labute approximate surface area is 202 Å². The molecule has 0 radical (unpaired) electrons. The van der Waals surface area contributed by atoms with Crippen LogP contribution < -0.4 is 4.74 Å². The number of hydrogen-bond acceptors (Lipinski definition) is 5. The Kier molecular flexibility index (Phi) is 6.67. The van der Waals surface area contributed by atoms with Crippen molar-refractivity contribution < 1.29 is 18.3 Å². The highest BCUT2D eigenvalue weighted by molar-refractivity contribution is 7.89. The van der Waals surface area contributed by atoms with Crippen molar-refractivity contribution in [3.05, 3.63) is 59.7 Å². The average Bonchev–Trinajstić information content (AvgIpc) is 3.67. The van der Waals surface area contributed by atoms with Crippen LogP contribution in [0.1, 0.15) is 42.7 Å². The van der Waals surface area contributed by atoms with E-state index in [9.17, 15) is 13.5 Å². The number of hydrogen-bond donors (Lipinski definition) is 1. The first-order valence-corrected chi connectivity index (χ1v) is 13.6. The molecule has 2 aliphatic heterocycles. The van der Waals surface area contributed by atoms with Crippen LogP contribution in [0.2, 0.25) is 0 Å². The Morgan fingerprint density at radius 3 is 2.38 bits per heavy atom. The Balaban J connectivity index is 1.38. The summed E-state index contributed by atoms with van der Waals surface area (Å²) >= 11 is 0. The highest BCUT2D eigenvalue weighted by atomic mass is 32.2. The van der Waals surface area contributed by atoms with Crippen molar-refractivity contribution in [2.45, 2.75) is 48.6 Å². The third kappa shape index (κ3) is 4.60. The van der Waals surface area contributed by atoms with Gasteiger partial charge in [-0.15, -0.1) is 0 Å². The fourth-order valence-electron chi connectivity index (χ4n) is 5.23. The van der Waals surface area contributed by atoms with E-state index in [1.165, 1.54) is 12.8 Å². The molecule has 0 bridgehead atoms. The average molecular weight is 481 g/mol. The van der Waals surface area contributed by atoms with Gasteiger partial charge in [-0.2, -0.15) is 4.31 Å². The standard InChI is InChI=1S/C27H32N2O4S/c1-33-23-12-14-24(15-13-23)34(31,32)28-16-2-3-17-29-25(18-28)27(26(29)19-30)22-10-8-21(9-11-22)7-6-20-4-5-20/h8-15,20,25-27,30H,2-5,16-19H2,1H3/t25-,26+,27+/m1/s1. The smallest absolute Gasteiger partial charge is 0.243 e. The molecule has 2 heterocycles. The highest BCUT2D eigenvalue weighted by Gasteiger charge is 2.50. The number of sulfonamides is 1. The number of benzene rings is 2. The number of rotatable bonds is 5. The fourth-order valence-corrected chi connectivity index (χ4v) is 6.72. The lowest BCUT2D eigenvalue weighted by molar-refractivity contribution is -0.0553. The number of fused-ring (bicyclic) bond motifs is 1. The van der Waals surface area contributed by atoms with Gasteiger partial charge in [-0.25, -0.2) is 8.42 Å². The van der Waals surface area contributed by atoms with Crippen molar-refractivity contribution in [1.82, 2.24) is 9.21 Å². The van der Waals surface area contributed by atoms with E-state index in [4.69, 9.17) is 4.74 Å². The summed E-state index contributed by atoms with van der Waals surface area (Å²) in [5.41, 5.74) is 2.15. The van der Waals surface area contributed by atoms with E-state index in [2.05, 4.69) is 41.0 Å². The Bertz CT molecular complexity index is 1160. The molecule has 3 atom stereocenters. The van der Waals surface area contributed by atoms with Gasteiger partial charge in [-0.05, 0) is 74.2 Å². The molecule has 2 aromatic carbocycles. The second-order valence-corrected chi connectivity index (χ2v) is 11.4. The summed E-state index contributed by atoms with van der Waals surface area (Å²) in [7, 11) is -2.06. The molecule has 180 valence electrons. The largest absolute Gasteiger partial charge is 0.497 e. The molecular formula is C27H32N2O4S.